The average molecular weight is 505 g/mol. The Labute approximate surface area is 215 Å². The summed E-state index contributed by atoms with van der Waals surface area (Å²) in [7, 11) is 1.46. The maximum Gasteiger partial charge on any atom is 0.343 e. The van der Waals surface area contributed by atoms with Gasteiger partial charge >= 0.3 is 17.9 Å². The molecular formula is C29H28O8. The number of esters is 3. The third-order valence-electron chi connectivity index (χ3n) is 5.20. The molecule has 0 fully saturated rings. The fourth-order valence-electron chi connectivity index (χ4n) is 3.17. The van der Waals surface area contributed by atoms with Gasteiger partial charge in [0, 0.05) is 12.5 Å². The van der Waals surface area contributed by atoms with Crippen molar-refractivity contribution in [1.29, 1.82) is 0 Å². The lowest BCUT2D eigenvalue weighted by molar-refractivity contribution is -0.137. The van der Waals surface area contributed by atoms with Crippen LogP contribution in [0.4, 0.5) is 0 Å². The zero-order valence-electron chi connectivity index (χ0n) is 20.7. The lowest BCUT2D eigenvalue weighted by Crippen LogP contribution is -2.11. The van der Waals surface area contributed by atoms with E-state index in [1.165, 1.54) is 37.4 Å². The summed E-state index contributed by atoms with van der Waals surface area (Å²) in [4.78, 5) is 36.1. The van der Waals surface area contributed by atoms with Gasteiger partial charge in [0.2, 0.25) is 0 Å². The molecule has 0 aliphatic carbocycles. The molecule has 0 aromatic heterocycles. The van der Waals surface area contributed by atoms with Crippen molar-refractivity contribution in [3.05, 3.63) is 96.1 Å². The van der Waals surface area contributed by atoms with Crippen LogP contribution in [0.2, 0.25) is 0 Å². The lowest BCUT2D eigenvalue weighted by atomic mass is 10.2. The molecule has 3 aromatic rings. The number of hydrogen-bond donors (Lipinski definition) is 0. The van der Waals surface area contributed by atoms with Gasteiger partial charge in [0.15, 0.2) is 11.5 Å². The first kappa shape index (κ1) is 27.0. The molecule has 0 spiro atoms. The third-order valence-corrected chi connectivity index (χ3v) is 5.20. The molecule has 0 bridgehead atoms. The van der Waals surface area contributed by atoms with Crippen LogP contribution in [0.5, 0.6) is 23.0 Å². The second kappa shape index (κ2) is 13.5. The molecule has 0 aliphatic rings. The first-order valence-corrected chi connectivity index (χ1v) is 11.7. The predicted molar refractivity (Wildman–Crippen MR) is 136 cm³/mol. The standard InChI is InChI=1S/C29H28O8/c1-4-20-7-12-23(13-8-20)36-28(31)21-9-14-24(15-10-21)37-29(32)22-11-16-25(26(19-22)33-3)34-17-6-18-35-27(30)5-2/h5,7-16,19H,2,4,6,17-18H2,1,3H3. The SMILES string of the molecule is C=CC(=O)OCCCOc1ccc(C(=O)Oc2ccc(C(=O)Oc3ccc(CC)cc3)cc2)cc1OC. The van der Waals surface area contributed by atoms with Gasteiger partial charge in [-0.05, 0) is 66.6 Å². The number of methoxy groups -OCH3 is 1. The van der Waals surface area contributed by atoms with Crippen LogP contribution in [-0.2, 0) is 16.0 Å². The molecule has 3 aromatic carbocycles. The number of rotatable bonds is 12. The van der Waals surface area contributed by atoms with Crippen LogP contribution >= 0.6 is 0 Å². The minimum absolute atomic E-state index is 0.195. The quantitative estimate of drug-likeness (QED) is 0.144. The Kier molecular flexibility index (Phi) is 9.84. The highest BCUT2D eigenvalue weighted by Gasteiger charge is 2.15. The Morgan fingerprint density at radius 2 is 1.38 bits per heavy atom. The van der Waals surface area contributed by atoms with E-state index in [9.17, 15) is 14.4 Å². The zero-order chi connectivity index (χ0) is 26.6. The molecule has 0 amide bonds. The van der Waals surface area contributed by atoms with Crippen LogP contribution < -0.4 is 18.9 Å². The number of carbonyl (C=O) groups is 3. The van der Waals surface area contributed by atoms with Crippen LogP contribution in [0.25, 0.3) is 0 Å². The van der Waals surface area contributed by atoms with Crippen molar-refractivity contribution in [2.24, 2.45) is 0 Å². The highest BCUT2D eigenvalue weighted by Crippen LogP contribution is 2.29. The van der Waals surface area contributed by atoms with E-state index in [1.807, 2.05) is 19.1 Å². The largest absolute Gasteiger partial charge is 0.493 e. The van der Waals surface area contributed by atoms with Crippen LogP contribution in [0.15, 0.2) is 79.4 Å². The fourth-order valence-corrected chi connectivity index (χ4v) is 3.17. The molecule has 0 heterocycles. The van der Waals surface area contributed by atoms with E-state index in [4.69, 9.17) is 23.7 Å². The zero-order valence-corrected chi connectivity index (χ0v) is 20.7. The first-order chi connectivity index (χ1) is 17.9. The molecule has 0 atom stereocenters. The van der Waals surface area contributed by atoms with Gasteiger partial charge < -0.3 is 23.7 Å². The summed E-state index contributed by atoms with van der Waals surface area (Å²) in [6.07, 6.45) is 2.47. The Bertz CT molecular complexity index is 1230. The van der Waals surface area contributed by atoms with Crippen LogP contribution in [0.1, 0.15) is 39.6 Å². The monoisotopic (exact) mass is 504 g/mol. The van der Waals surface area contributed by atoms with Gasteiger partial charge in [-0.1, -0.05) is 25.6 Å². The highest BCUT2D eigenvalue weighted by molar-refractivity contribution is 5.93. The second-order valence-corrected chi connectivity index (χ2v) is 7.74. The van der Waals surface area contributed by atoms with Gasteiger partial charge in [0.1, 0.15) is 11.5 Å². The molecule has 8 heteroatoms. The van der Waals surface area contributed by atoms with Gasteiger partial charge in [-0.2, -0.15) is 0 Å². The predicted octanol–water partition coefficient (Wildman–Crippen LogP) is 5.19. The maximum atomic E-state index is 12.6. The van der Waals surface area contributed by atoms with Crippen LogP contribution in [-0.4, -0.2) is 38.2 Å². The van der Waals surface area contributed by atoms with Crippen LogP contribution in [0, 0.1) is 0 Å². The molecule has 192 valence electrons. The number of carbonyl (C=O) groups excluding carboxylic acids is 3. The molecule has 0 radical (unpaired) electrons. The summed E-state index contributed by atoms with van der Waals surface area (Å²) in [5.74, 6) is -0.108. The Morgan fingerprint density at radius 3 is 1.97 bits per heavy atom. The minimum atomic E-state index is -0.604. The van der Waals surface area contributed by atoms with E-state index in [0.29, 0.717) is 29.2 Å². The Hall–Kier alpha value is -4.59. The molecule has 0 N–H and O–H groups in total. The average Bonchev–Trinajstić information content (AvgIpc) is 2.93. The summed E-state index contributed by atoms with van der Waals surface area (Å²) in [5.41, 5.74) is 1.72. The van der Waals surface area contributed by atoms with Crippen molar-refractivity contribution < 1.29 is 38.1 Å². The molecule has 0 unspecified atom stereocenters. The van der Waals surface area contributed by atoms with Gasteiger partial charge in [0.05, 0.1) is 31.5 Å². The third kappa shape index (κ3) is 7.96. The first-order valence-electron chi connectivity index (χ1n) is 11.7. The Balaban J connectivity index is 1.55. The molecular weight excluding hydrogens is 476 g/mol. The van der Waals surface area contributed by atoms with Gasteiger partial charge in [-0.25, -0.2) is 14.4 Å². The van der Waals surface area contributed by atoms with E-state index in [1.54, 1.807) is 24.3 Å². The lowest BCUT2D eigenvalue weighted by Gasteiger charge is -2.12. The number of hydrogen-bond acceptors (Lipinski definition) is 8. The second-order valence-electron chi connectivity index (χ2n) is 7.74. The van der Waals surface area contributed by atoms with Gasteiger partial charge in [-0.15, -0.1) is 0 Å². The van der Waals surface area contributed by atoms with E-state index in [2.05, 4.69) is 6.58 Å². The Morgan fingerprint density at radius 1 is 0.784 bits per heavy atom. The van der Waals surface area contributed by atoms with Gasteiger partial charge in [0.25, 0.3) is 0 Å². The minimum Gasteiger partial charge on any atom is -0.493 e. The van der Waals surface area contributed by atoms with Crippen LogP contribution in [0.3, 0.4) is 0 Å². The van der Waals surface area contributed by atoms with Gasteiger partial charge in [-0.3, -0.25) is 0 Å². The summed E-state index contributed by atoms with van der Waals surface area (Å²) in [6, 6.07) is 18.0. The number of ether oxygens (including phenoxy) is 5. The molecule has 8 nitrogen and oxygen atoms in total. The summed E-state index contributed by atoms with van der Waals surface area (Å²) in [5, 5.41) is 0. The molecule has 0 aliphatic heterocycles. The fraction of sp³-hybridized carbons (Fsp3) is 0.207. The highest BCUT2D eigenvalue weighted by atomic mass is 16.5. The van der Waals surface area contributed by atoms with Crippen molar-refractivity contribution in [3.8, 4) is 23.0 Å². The molecule has 0 saturated heterocycles. The number of benzene rings is 3. The van der Waals surface area contributed by atoms with E-state index >= 15 is 0 Å². The smallest absolute Gasteiger partial charge is 0.343 e. The van der Waals surface area contributed by atoms with E-state index in [-0.39, 0.29) is 24.5 Å². The summed E-state index contributed by atoms with van der Waals surface area (Å²) >= 11 is 0. The molecule has 3 rings (SSSR count). The summed E-state index contributed by atoms with van der Waals surface area (Å²) in [6.45, 7) is 5.85. The summed E-state index contributed by atoms with van der Waals surface area (Å²) < 4.78 is 26.7. The molecule has 0 saturated carbocycles. The maximum absolute atomic E-state index is 12.6. The number of aryl methyl sites for hydroxylation is 1. The molecule has 37 heavy (non-hydrogen) atoms. The van der Waals surface area contributed by atoms with E-state index in [0.717, 1.165) is 18.1 Å². The van der Waals surface area contributed by atoms with Crippen molar-refractivity contribution >= 4 is 17.9 Å². The van der Waals surface area contributed by atoms with Crippen molar-refractivity contribution in [3.63, 3.8) is 0 Å². The topological polar surface area (TPSA) is 97.4 Å². The van der Waals surface area contributed by atoms with E-state index < -0.39 is 17.9 Å². The normalized spacial score (nSPS) is 10.2. The van der Waals surface area contributed by atoms with Crippen molar-refractivity contribution in [2.45, 2.75) is 19.8 Å². The van der Waals surface area contributed by atoms with Crippen molar-refractivity contribution in [2.75, 3.05) is 20.3 Å². The van der Waals surface area contributed by atoms with Crippen molar-refractivity contribution in [1.82, 2.24) is 0 Å².